The number of carbonyl (C=O) groups is 1. The Labute approximate surface area is 162 Å². The Hall–Kier alpha value is -3.27. The minimum Gasteiger partial charge on any atom is -0.433 e. The fourth-order valence-corrected chi connectivity index (χ4v) is 3.28. The monoisotopic (exact) mass is 406 g/mol. The molecule has 1 aromatic carbocycles. The van der Waals surface area contributed by atoms with Gasteiger partial charge in [-0.1, -0.05) is 12.1 Å². The maximum absolute atomic E-state index is 12.5. The number of halogens is 2. The van der Waals surface area contributed by atoms with Crippen LogP contribution in [0.25, 0.3) is 10.6 Å². The zero-order valence-corrected chi connectivity index (χ0v) is 15.5. The van der Waals surface area contributed by atoms with Crippen molar-refractivity contribution in [2.75, 3.05) is 11.1 Å². The molecule has 7 nitrogen and oxygen atoms in total. The van der Waals surface area contributed by atoms with Crippen LogP contribution in [0.4, 0.5) is 20.2 Å². The first-order valence-corrected chi connectivity index (χ1v) is 8.93. The topological polar surface area (TPSA) is 99.2 Å². The molecule has 0 fully saturated rings. The summed E-state index contributed by atoms with van der Waals surface area (Å²) in [5, 5.41) is 6.63. The van der Waals surface area contributed by atoms with Crippen LogP contribution in [-0.4, -0.2) is 22.3 Å². The number of nitrogens with two attached hydrogens (primary N) is 1. The number of nitrogen functional groups attached to an aromatic ring is 1. The van der Waals surface area contributed by atoms with Crippen molar-refractivity contribution in [2.24, 2.45) is 0 Å². The summed E-state index contributed by atoms with van der Waals surface area (Å²) in [6.45, 7) is -1.54. The number of hydrogen-bond donors (Lipinski definition) is 2. The van der Waals surface area contributed by atoms with Gasteiger partial charge in [0, 0.05) is 4.88 Å². The van der Waals surface area contributed by atoms with Gasteiger partial charge >= 0.3 is 6.61 Å². The SMILES string of the molecule is Cc1ccc(-c2cc(N)c(=O)n(CC(=O)Nc3ccccc3OC(F)F)n2)s1. The number of benzene rings is 1. The number of ether oxygens (including phenoxy) is 1. The molecular formula is C18H16F2N4O3S. The molecule has 0 radical (unpaired) electrons. The molecule has 3 rings (SSSR count). The van der Waals surface area contributed by atoms with Crippen molar-refractivity contribution in [1.82, 2.24) is 9.78 Å². The number of aryl methyl sites for hydroxylation is 1. The lowest BCUT2D eigenvalue weighted by molar-refractivity contribution is -0.117. The van der Waals surface area contributed by atoms with Crippen molar-refractivity contribution < 1.29 is 18.3 Å². The van der Waals surface area contributed by atoms with Crippen LogP contribution < -0.4 is 21.3 Å². The van der Waals surface area contributed by atoms with Crippen LogP contribution in [0.3, 0.4) is 0 Å². The van der Waals surface area contributed by atoms with Crippen LogP contribution in [0, 0.1) is 6.92 Å². The Kier molecular flexibility index (Phi) is 5.69. The van der Waals surface area contributed by atoms with Gasteiger partial charge in [0.2, 0.25) is 5.91 Å². The van der Waals surface area contributed by atoms with E-state index in [1.165, 1.54) is 35.6 Å². The highest BCUT2D eigenvalue weighted by atomic mass is 32.1. The first-order valence-electron chi connectivity index (χ1n) is 8.11. The summed E-state index contributed by atoms with van der Waals surface area (Å²) in [6, 6.07) is 10.9. The number of nitrogens with zero attached hydrogens (tertiary/aromatic N) is 2. The molecule has 146 valence electrons. The highest BCUT2D eigenvalue weighted by Gasteiger charge is 2.15. The second-order valence-electron chi connectivity index (χ2n) is 5.78. The minimum atomic E-state index is -3.03. The number of rotatable bonds is 6. The van der Waals surface area contributed by atoms with Crippen molar-refractivity contribution in [3.63, 3.8) is 0 Å². The van der Waals surface area contributed by atoms with E-state index < -0.39 is 24.6 Å². The third-order valence-corrected chi connectivity index (χ3v) is 4.69. The summed E-state index contributed by atoms with van der Waals surface area (Å²) in [5.74, 6) is -0.827. The predicted molar refractivity (Wildman–Crippen MR) is 103 cm³/mol. The van der Waals surface area contributed by atoms with Gasteiger partial charge in [0.05, 0.1) is 10.6 Å². The van der Waals surface area contributed by atoms with Crippen molar-refractivity contribution in [1.29, 1.82) is 0 Å². The molecule has 2 aromatic heterocycles. The molecule has 1 amide bonds. The van der Waals surface area contributed by atoms with E-state index in [4.69, 9.17) is 5.73 Å². The Morgan fingerprint density at radius 1 is 1.32 bits per heavy atom. The number of alkyl halides is 2. The van der Waals surface area contributed by atoms with Gasteiger partial charge in [-0.05, 0) is 37.3 Å². The zero-order valence-electron chi connectivity index (χ0n) is 14.7. The zero-order chi connectivity index (χ0) is 20.3. The van der Waals surface area contributed by atoms with Gasteiger partial charge < -0.3 is 15.8 Å². The number of para-hydroxylation sites is 2. The normalized spacial score (nSPS) is 10.9. The van der Waals surface area contributed by atoms with Crippen LogP contribution in [0.15, 0.2) is 47.3 Å². The lowest BCUT2D eigenvalue weighted by atomic mass is 10.3. The van der Waals surface area contributed by atoms with E-state index in [2.05, 4.69) is 15.2 Å². The molecule has 10 heteroatoms. The summed E-state index contributed by atoms with van der Waals surface area (Å²) in [7, 11) is 0. The Morgan fingerprint density at radius 2 is 2.07 bits per heavy atom. The van der Waals surface area contributed by atoms with E-state index in [1.807, 2.05) is 19.1 Å². The number of thiophene rings is 1. The molecule has 0 atom stereocenters. The average Bonchev–Trinajstić information content (AvgIpc) is 3.06. The fraction of sp³-hybridized carbons (Fsp3) is 0.167. The Morgan fingerprint density at radius 3 is 2.75 bits per heavy atom. The molecule has 2 heterocycles. The highest BCUT2D eigenvalue weighted by molar-refractivity contribution is 7.15. The maximum atomic E-state index is 12.5. The van der Waals surface area contributed by atoms with Gasteiger partial charge in [-0.25, -0.2) is 4.68 Å². The number of hydrogen-bond acceptors (Lipinski definition) is 6. The molecule has 3 aromatic rings. The van der Waals surface area contributed by atoms with Gasteiger partial charge in [-0.15, -0.1) is 11.3 Å². The summed E-state index contributed by atoms with van der Waals surface area (Å²) in [4.78, 5) is 26.4. The van der Waals surface area contributed by atoms with E-state index in [1.54, 1.807) is 6.07 Å². The quantitative estimate of drug-likeness (QED) is 0.655. The van der Waals surface area contributed by atoms with Crippen LogP contribution in [-0.2, 0) is 11.3 Å². The van der Waals surface area contributed by atoms with E-state index in [-0.39, 0.29) is 17.1 Å². The summed E-state index contributed by atoms with van der Waals surface area (Å²) in [6.07, 6.45) is 0. The van der Waals surface area contributed by atoms with Crippen molar-refractivity contribution in [3.8, 4) is 16.3 Å². The lowest BCUT2D eigenvalue weighted by Gasteiger charge is -2.12. The molecular weight excluding hydrogens is 390 g/mol. The third-order valence-electron chi connectivity index (χ3n) is 3.67. The van der Waals surface area contributed by atoms with E-state index in [0.29, 0.717) is 5.69 Å². The molecule has 0 aliphatic heterocycles. The van der Waals surface area contributed by atoms with Gasteiger partial charge in [0.25, 0.3) is 5.56 Å². The van der Waals surface area contributed by atoms with Gasteiger partial charge in [0.1, 0.15) is 23.7 Å². The van der Waals surface area contributed by atoms with E-state index >= 15 is 0 Å². The molecule has 0 bridgehead atoms. The van der Waals surface area contributed by atoms with Crippen LogP contribution in [0.5, 0.6) is 5.75 Å². The second-order valence-corrected chi connectivity index (χ2v) is 7.07. The fourth-order valence-electron chi connectivity index (χ4n) is 2.46. The Bertz CT molecular complexity index is 1060. The number of carbonyl (C=O) groups excluding carboxylic acids is 1. The third kappa shape index (κ3) is 4.52. The van der Waals surface area contributed by atoms with Crippen molar-refractivity contribution >= 4 is 28.6 Å². The number of amides is 1. The summed E-state index contributed by atoms with van der Waals surface area (Å²) < 4.78 is 30.3. The van der Waals surface area contributed by atoms with Crippen molar-refractivity contribution in [3.05, 3.63) is 57.7 Å². The first-order chi connectivity index (χ1) is 13.3. The van der Waals surface area contributed by atoms with Gasteiger partial charge in [-0.3, -0.25) is 9.59 Å². The standard InChI is InChI=1S/C18H16F2N4O3S/c1-10-6-7-15(28-10)13-8-11(21)17(26)24(23-13)9-16(25)22-12-4-2-3-5-14(12)27-18(19)20/h2-8,18H,9,21H2,1H3,(H,22,25). The maximum Gasteiger partial charge on any atom is 0.387 e. The molecule has 28 heavy (non-hydrogen) atoms. The van der Waals surface area contributed by atoms with E-state index in [0.717, 1.165) is 14.4 Å². The van der Waals surface area contributed by atoms with Crippen LogP contribution >= 0.6 is 11.3 Å². The molecule has 0 spiro atoms. The smallest absolute Gasteiger partial charge is 0.387 e. The van der Waals surface area contributed by atoms with Crippen LogP contribution in [0.1, 0.15) is 4.88 Å². The van der Waals surface area contributed by atoms with Crippen LogP contribution in [0.2, 0.25) is 0 Å². The van der Waals surface area contributed by atoms with Gasteiger partial charge in [0.15, 0.2) is 0 Å². The van der Waals surface area contributed by atoms with E-state index in [9.17, 15) is 18.4 Å². The number of nitrogens with one attached hydrogen (secondary N) is 1. The largest absolute Gasteiger partial charge is 0.433 e. The first kappa shape index (κ1) is 19.5. The summed E-state index contributed by atoms with van der Waals surface area (Å²) in [5.41, 5.74) is 5.61. The highest BCUT2D eigenvalue weighted by Crippen LogP contribution is 2.27. The lowest BCUT2D eigenvalue weighted by Crippen LogP contribution is -2.31. The summed E-state index contributed by atoms with van der Waals surface area (Å²) >= 11 is 1.47. The molecule has 0 unspecified atom stereocenters. The molecule has 0 saturated heterocycles. The molecule has 3 N–H and O–H groups in total. The molecule has 0 aliphatic rings. The second kappa shape index (κ2) is 8.17. The van der Waals surface area contributed by atoms with Crippen molar-refractivity contribution in [2.45, 2.75) is 20.1 Å². The minimum absolute atomic E-state index is 0.0507. The molecule has 0 aliphatic carbocycles. The number of aromatic nitrogens is 2. The number of anilines is 2. The molecule has 0 saturated carbocycles. The van der Waals surface area contributed by atoms with Gasteiger partial charge in [-0.2, -0.15) is 13.9 Å². The average molecular weight is 406 g/mol. The predicted octanol–water partition coefficient (Wildman–Crippen LogP) is 3.10. The Balaban J connectivity index is 1.83.